The van der Waals surface area contributed by atoms with Crippen LogP contribution in [-0.2, 0) is 4.74 Å². The fourth-order valence-electron chi connectivity index (χ4n) is 3.72. The smallest absolute Gasteiger partial charge is 0.338 e. The van der Waals surface area contributed by atoms with Crippen LogP contribution in [0, 0.1) is 5.92 Å². The first-order chi connectivity index (χ1) is 15.9. The van der Waals surface area contributed by atoms with Crippen LogP contribution in [0.2, 0.25) is 0 Å². The van der Waals surface area contributed by atoms with E-state index in [2.05, 4.69) is 35.9 Å². The maximum absolute atomic E-state index is 13.0. The van der Waals surface area contributed by atoms with Crippen molar-refractivity contribution in [2.75, 3.05) is 56.2 Å². The lowest BCUT2D eigenvalue weighted by atomic mass is 10.1. The molecule has 1 saturated heterocycles. The Hall–Kier alpha value is -3.06. The zero-order valence-corrected chi connectivity index (χ0v) is 20.1. The number of rotatable bonds is 9. The Morgan fingerprint density at radius 3 is 2.24 bits per heavy atom. The SMILES string of the molecule is CCOC(=O)c1ccc(N2CCN(CC)CC2)c(NC(=O)c2ccc(OCC(C)C)cc2)c1. The lowest BCUT2D eigenvalue weighted by Gasteiger charge is -2.36. The lowest BCUT2D eigenvalue weighted by Crippen LogP contribution is -2.46. The first-order valence-electron chi connectivity index (χ1n) is 11.7. The van der Waals surface area contributed by atoms with E-state index in [-0.39, 0.29) is 5.91 Å². The van der Waals surface area contributed by atoms with Crippen molar-refractivity contribution in [3.05, 3.63) is 53.6 Å². The fraction of sp³-hybridized carbons (Fsp3) is 0.462. The zero-order valence-electron chi connectivity index (χ0n) is 20.1. The summed E-state index contributed by atoms with van der Waals surface area (Å²) in [5.41, 5.74) is 2.45. The average molecular weight is 454 g/mol. The van der Waals surface area contributed by atoms with Crippen LogP contribution in [-0.4, -0.2) is 62.7 Å². The van der Waals surface area contributed by atoms with Gasteiger partial charge in [0.15, 0.2) is 0 Å². The van der Waals surface area contributed by atoms with Crippen molar-refractivity contribution in [1.29, 1.82) is 0 Å². The molecule has 3 rings (SSSR count). The van der Waals surface area contributed by atoms with Gasteiger partial charge in [-0.2, -0.15) is 0 Å². The number of ether oxygens (including phenoxy) is 2. The molecule has 0 aromatic heterocycles. The molecule has 33 heavy (non-hydrogen) atoms. The van der Waals surface area contributed by atoms with Crippen molar-refractivity contribution in [3.8, 4) is 5.75 Å². The number of piperazine rings is 1. The first-order valence-corrected chi connectivity index (χ1v) is 11.7. The van der Waals surface area contributed by atoms with Crippen LogP contribution < -0.4 is 15.0 Å². The number of anilines is 2. The monoisotopic (exact) mass is 453 g/mol. The molecule has 2 aromatic carbocycles. The van der Waals surface area contributed by atoms with E-state index in [0.29, 0.717) is 35.9 Å². The van der Waals surface area contributed by atoms with Gasteiger partial charge in [0.2, 0.25) is 0 Å². The Labute approximate surface area is 196 Å². The number of carbonyl (C=O) groups is 2. The number of esters is 1. The second-order valence-electron chi connectivity index (χ2n) is 8.56. The number of hydrogen-bond donors (Lipinski definition) is 1. The highest BCUT2D eigenvalue weighted by atomic mass is 16.5. The minimum atomic E-state index is -0.401. The van der Waals surface area contributed by atoms with E-state index in [1.807, 2.05) is 6.07 Å². The molecule has 1 aliphatic heterocycles. The summed E-state index contributed by atoms with van der Waals surface area (Å²) in [5.74, 6) is 0.526. The van der Waals surface area contributed by atoms with Crippen LogP contribution in [0.4, 0.5) is 11.4 Å². The maximum Gasteiger partial charge on any atom is 0.338 e. The Morgan fingerprint density at radius 1 is 0.970 bits per heavy atom. The van der Waals surface area contributed by atoms with Gasteiger partial charge >= 0.3 is 5.97 Å². The third-order valence-electron chi connectivity index (χ3n) is 5.62. The first kappa shape index (κ1) is 24.6. The zero-order chi connectivity index (χ0) is 23.8. The van der Waals surface area contributed by atoms with Crippen LogP contribution in [0.15, 0.2) is 42.5 Å². The van der Waals surface area contributed by atoms with Gasteiger partial charge in [0, 0.05) is 31.7 Å². The molecule has 7 nitrogen and oxygen atoms in total. The van der Waals surface area contributed by atoms with Crippen LogP contribution in [0.5, 0.6) is 5.75 Å². The topological polar surface area (TPSA) is 71.1 Å². The summed E-state index contributed by atoms with van der Waals surface area (Å²) < 4.78 is 10.9. The normalized spacial score (nSPS) is 14.3. The third kappa shape index (κ3) is 6.71. The summed E-state index contributed by atoms with van der Waals surface area (Å²) in [6.07, 6.45) is 0. The molecule has 1 fully saturated rings. The van der Waals surface area contributed by atoms with Crippen molar-refractivity contribution in [3.63, 3.8) is 0 Å². The maximum atomic E-state index is 13.0. The van der Waals surface area contributed by atoms with Crippen LogP contribution in [0.1, 0.15) is 48.4 Å². The summed E-state index contributed by atoms with van der Waals surface area (Å²) in [5, 5.41) is 3.01. The van der Waals surface area contributed by atoms with Crippen molar-refractivity contribution in [1.82, 2.24) is 4.90 Å². The van der Waals surface area contributed by atoms with Crippen molar-refractivity contribution >= 4 is 23.3 Å². The van der Waals surface area contributed by atoms with Gasteiger partial charge in [-0.1, -0.05) is 20.8 Å². The molecule has 7 heteroatoms. The van der Waals surface area contributed by atoms with Gasteiger partial charge < -0.3 is 24.6 Å². The molecule has 0 atom stereocenters. The second kappa shape index (κ2) is 11.7. The molecule has 2 aromatic rings. The molecule has 0 spiro atoms. The van der Waals surface area contributed by atoms with Gasteiger partial charge in [-0.3, -0.25) is 4.79 Å². The molecule has 1 amide bonds. The highest BCUT2D eigenvalue weighted by Crippen LogP contribution is 2.29. The van der Waals surface area contributed by atoms with Crippen molar-refractivity contribution < 1.29 is 19.1 Å². The van der Waals surface area contributed by atoms with E-state index in [4.69, 9.17) is 9.47 Å². The molecule has 0 aliphatic carbocycles. The van der Waals surface area contributed by atoms with Crippen LogP contribution >= 0.6 is 0 Å². The summed E-state index contributed by atoms with van der Waals surface area (Å²) in [7, 11) is 0. The van der Waals surface area contributed by atoms with E-state index >= 15 is 0 Å². The molecule has 1 heterocycles. The van der Waals surface area contributed by atoms with Gasteiger partial charge in [-0.05, 0) is 61.9 Å². The summed E-state index contributed by atoms with van der Waals surface area (Å²) in [4.78, 5) is 30.0. The highest BCUT2D eigenvalue weighted by molar-refractivity contribution is 6.07. The average Bonchev–Trinajstić information content (AvgIpc) is 2.83. The quantitative estimate of drug-likeness (QED) is 0.571. The molecular formula is C26H35N3O4. The van der Waals surface area contributed by atoms with Crippen molar-refractivity contribution in [2.45, 2.75) is 27.7 Å². The van der Waals surface area contributed by atoms with E-state index in [1.165, 1.54) is 0 Å². The second-order valence-corrected chi connectivity index (χ2v) is 8.56. The summed E-state index contributed by atoms with van der Waals surface area (Å²) in [6, 6.07) is 12.5. The van der Waals surface area contributed by atoms with Crippen molar-refractivity contribution in [2.24, 2.45) is 5.92 Å². The Balaban J connectivity index is 1.80. The van der Waals surface area contributed by atoms with Crippen LogP contribution in [0.25, 0.3) is 0 Å². The van der Waals surface area contributed by atoms with Gasteiger partial charge in [-0.15, -0.1) is 0 Å². The number of carbonyl (C=O) groups excluding carboxylic acids is 2. The van der Waals surface area contributed by atoms with E-state index in [1.54, 1.807) is 43.3 Å². The molecule has 178 valence electrons. The largest absolute Gasteiger partial charge is 0.493 e. The standard InChI is InChI=1S/C26H35N3O4/c1-5-28-13-15-29(16-14-28)24-12-9-21(26(31)32-6-2)17-23(24)27-25(30)20-7-10-22(11-8-20)33-18-19(3)4/h7-12,17,19H,5-6,13-16,18H2,1-4H3,(H,27,30). The number of likely N-dealkylation sites (N-methyl/N-ethyl adjacent to an activating group) is 1. The molecular weight excluding hydrogens is 418 g/mol. The summed E-state index contributed by atoms with van der Waals surface area (Å²) >= 11 is 0. The molecule has 1 aliphatic rings. The van der Waals surface area contributed by atoms with Gasteiger partial charge in [-0.25, -0.2) is 4.79 Å². The van der Waals surface area contributed by atoms with Crippen LogP contribution in [0.3, 0.4) is 0 Å². The minimum absolute atomic E-state index is 0.236. The Morgan fingerprint density at radius 2 is 1.64 bits per heavy atom. The highest BCUT2D eigenvalue weighted by Gasteiger charge is 2.21. The number of amides is 1. The van der Waals surface area contributed by atoms with Gasteiger partial charge in [0.1, 0.15) is 5.75 Å². The minimum Gasteiger partial charge on any atom is -0.493 e. The van der Waals surface area contributed by atoms with E-state index < -0.39 is 5.97 Å². The molecule has 0 saturated carbocycles. The number of nitrogens with zero attached hydrogens (tertiary/aromatic N) is 2. The van der Waals surface area contributed by atoms with Gasteiger partial charge in [0.25, 0.3) is 5.91 Å². The lowest BCUT2D eigenvalue weighted by molar-refractivity contribution is 0.0526. The molecule has 0 bridgehead atoms. The van der Waals surface area contributed by atoms with E-state index in [9.17, 15) is 9.59 Å². The number of nitrogens with one attached hydrogen (secondary N) is 1. The fourth-order valence-corrected chi connectivity index (χ4v) is 3.72. The molecule has 0 radical (unpaired) electrons. The Bertz CT molecular complexity index is 935. The summed E-state index contributed by atoms with van der Waals surface area (Å²) in [6.45, 7) is 13.7. The number of hydrogen-bond acceptors (Lipinski definition) is 6. The number of benzene rings is 2. The third-order valence-corrected chi connectivity index (χ3v) is 5.62. The molecule has 1 N–H and O–H groups in total. The Kier molecular flexibility index (Phi) is 8.72. The van der Waals surface area contributed by atoms with E-state index in [0.717, 1.165) is 44.2 Å². The van der Waals surface area contributed by atoms with Gasteiger partial charge in [0.05, 0.1) is 30.2 Å². The predicted molar refractivity (Wildman–Crippen MR) is 131 cm³/mol. The predicted octanol–water partition coefficient (Wildman–Crippen LogP) is 4.29. The molecule has 0 unspecified atom stereocenters.